The molecule has 0 aromatic heterocycles. The van der Waals surface area contributed by atoms with E-state index in [1.54, 1.807) is 7.11 Å². The summed E-state index contributed by atoms with van der Waals surface area (Å²) in [4.78, 5) is 11.3. The monoisotopic (exact) mass is 248 g/mol. The molecule has 18 heavy (non-hydrogen) atoms. The van der Waals surface area contributed by atoms with Crippen LogP contribution in [0.5, 0.6) is 0 Å². The number of carbonyl (C=O) groups excluding carboxylic acids is 1. The minimum Gasteiger partial charge on any atom is -0.465 e. The van der Waals surface area contributed by atoms with E-state index in [1.807, 2.05) is 24.3 Å². The second-order valence-electron chi connectivity index (χ2n) is 4.82. The molecular weight excluding hydrogens is 228 g/mol. The van der Waals surface area contributed by atoms with Gasteiger partial charge < -0.3 is 9.47 Å². The van der Waals surface area contributed by atoms with Crippen molar-refractivity contribution in [2.45, 2.75) is 37.7 Å². The zero-order valence-corrected chi connectivity index (χ0v) is 11.0. The van der Waals surface area contributed by atoms with Crippen molar-refractivity contribution in [2.24, 2.45) is 0 Å². The Kier molecular flexibility index (Phi) is 4.37. The molecule has 0 spiro atoms. The Morgan fingerprint density at radius 3 is 2.17 bits per heavy atom. The highest BCUT2D eigenvalue weighted by Gasteiger charge is 2.22. The van der Waals surface area contributed by atoms with E-state index < -0.39 is 0 Å². The van der Waals surface area contributed by atoms with Crippen LogP contribution in [0, 0.1) is 0 Å². The molecule has 98 valence electrons. The third kappa shape index (κ3) is 2.91. The van der Waals surface area contributed by atoms with Crippen molar-refractivity contribution in [1.29, 1.82) is 0 Å². The zero-order valence-electron chi connectivity index (χ0n) is 11.0. The Morgan fingerprint density at radius 1 is 1.06 bits per heavy atom. The summed E-state index contributed by atoms with van der Waals surface area (Å²) >= 11 is 0. The Balaban J connectivity index is 2.00. The van der Waals surface area contributed by atoms with Gasteiger partial charge in [0, 0.05) is 7.11 Å². The van der Waals surface area contributed by atoms with E-state index in [1.165, 1.54) is 12.7 Å². The minimum atomic E-state index is -0.273. The predicted octanol–water partition coefficient (Wildman–Crippen LogP) is 3.15. The maximum Gasteiger partial charge on any atom is 0.337 e. The van der Waals surface area contributed by atoms with Crippen molar-refractivity contribution in [3.63, 3.8) is 0 Å². The molecule has 0 heterocycles. The smallest absolute Gasteiger partial charge is 0.337 e. The first-order chi connectivity index (χ1) is 8.74. The summed E-state index contributed by atoms with van der Waals surface area (Å²) in [6.07, 6.45) is 5.00. The molecule has 0 saturated heterocycles. The van der Waals surface area contributed by atoms with E-state index in [2.05, 4.69) is 0 Å². The van der Waals surface area contributed by atoms with Gasteiger partial charge in [-0.15, -0.1) is 0 Å². The van der Waals surface area contributed by atoms with Crippen LogP contribution in [0.25, 0.3) is 0 Å². The van der Waals surface area contributed by atoms with Crippen LogP contribution in [0.15, 0.2) is 24.3 Å². The third-order valence-electron chi connectivity index (χ3n) is 3.81. The van der Waals surface area contributed by atoms with Gasteiger partial charge in [-0.1, -0.05) is 12.1 Å². The number of carbonyl (C=O) groups is 1. The summed E-state index contributed by atoms with van der Waals surface area (Å²) in [7, 11) is 3.19. The lowest BCUT2D eigenvalue weighted by Gasteiger charge is -2.27. The average molecular weight is 248 g/mol. The lowest BCUT2D eigenvalue weighted by molar-refractivity contribution is 0.0600. The molecule has 2 rings (SSSR count). The molecule has 1 aromatic carbocycles. The lowest BCUT2D eigenvalue weighted by Crippen LogP contribution is -2.19. The SMILES string of the molecule is COC(=O)c1ccc(C2CCC(OC)CC2)cc1. The molecule has 3 nitrogen and oxygen atoms in total. The summed E-state index contributed by atoms with van der Waals surface area (Å²) in [5, 5.41) is 0. The van der Waals surface area contributed by atoms with Gasteiger partial charge in [0.15, 0.2) is 0 Å². The quantitative estimate of drug-likeness (QED) is 0.771. The highest BCUT2D eigenvalue weighted by molar-refractivity contribution is 5.89. The summed E-state index contributed by atoms with van der Waals surface area (Å²) in [5.41, 5.74) is 1.93. The Hall–Kier alpha value is -1.35. The molecule has 1 aliphatic rings. The second kappa shape index (κ2) is 6.01. The largest absolute Gasteiger partial charge is 0.465 e. The van der Waals surface area contributed by atoms with E-state index in [-0.39, 0.29) is 5.97 Å². The molecule has 0 radical (unpaired) electrons. The summed E-state index contributed by atoms with van der Waals surface area (Å²) in [5.74, 6) is 0.327. The first-order valence-electron chi connectivity index (χ1n) is 6.45. The summed E-state index contributed by atoms with van der Waals surface area (Å²) in [6.45, 7) is 0. The molecule has 0 atom stereocenters. The van der Waals surface area contributed by atoms with Crippen LogP contribution in [0.2, 0.25) is 0 Å². The van der Waals surface area contributed by atoms with E-state index in [0.29, 0.717) is 17.6 Å². The normalized spacial score (nSPS) is 23.7. The second-order valence-corrected chi connectivity index (χ2v) is 4.82. The number of hydrogen-bond donors (Lipinski definition) is 0. The van der Waals surface area contributed by atoms with Crippen LogP contribution in [-0.4, -0.2) is 26.3 Å². The molecule has 1 fully saturated rings. The van der Waals surface area contributed by atoms with Crippen molar-refractivity contribution in [2.75, 3.05) is 14.2 Å². The van der Waals surface area contributed by atoms with Gasteiger partial charge in [-0.05, 0) is 49.3 Å². The van der Waals surface area contributed by atoms with Crippen molar-refractivity contribution < 1.29 is 14.3 Å². The number of ether oxygens (including phenoxy) is 2. The van der Waals surface area contributed by atoms with Gasteiger partial charge in [0.25, 0.3) is 0 Å². The Bertz CT molecular complexity index is 389. The highest BCUT2D eigenvalue weighted by Crippen LogP contribution is 2.33. The molecule has 1 aliphatic carbocycles. The van der Waals surface area contributed by atoms with Gasteiger partial charge in [0.2, 0.25) is 0 Å². The predicted molar refractivity (Wildman–Crippen MR) is 69.8 cm³/mol. The number of rotatable bonds is 3. The Morgan fingerprint density at radius 2 is 1.67 bits per heavy atom. The van der Waals surface area contributed by atoms with Crippen LogP contribution in [0.3, 0.4) is 0 Å². The molecule has 0 N–H and O–H groups in total. The van der Waals surface area contributed by atoms with Crippen LogP contribution >= 0.6 is 0 Å². The third-order valence-corrected chi connectivity index (χ3v) is 3.81. The maximum absolute atomic E-state index is 11.3. The lowest BCUT2D eigenvalue weighted by atomic mass is 9.82. The van der Waals surface area contributed by atoms with Crippen LogP contribution in [0.1, 0.15) is 47.5 Å². The average Bonchev–Trinajstić information content (AvgIpc) is 2.47. The molecule has 3 heteroatoms. The van der Waals surface area contributed by atoms with Gasteiger partial charge in [-0.25, -0.2) is 4.79 Å². The fourth-order valence-electron chi connectivity index (χ4n) is 2.64. The molecule has 1 aromatic rings. The maximum atomic E-state index is 11.3. The fourth-order valence-corrected chi connectivity index (χ4v) is 2.64. The molecule has 1 saturated carbocycles. The van der Waals surface area contributed by atoms with Crippen LogP contribution in [-0.2, 0) is 9.47 Å². The Labute approximate surface area is 108 Å². The van der Waals surface area contributed by atoms with E-state index in [0.717, 1.165) is 25.7 Å². The van der Waals surface area contributed by atoms with Crippen molar-refractivity contribution in [3.8, 4) is 0 Å². The van der Waals surface area contributed by atoms with Crippen LogP contribution in [0.4, 0.5) is 0 Å². The number of benzene rings is 1. The van der Waals surface area contributed by atoms with Gasteiger partial charge in [0.05, 0.1) is 18.8 Å². The van der Waals surface area contributed by atoms with Gasteiger partial charge >= 0.3 is 5.97 Å². The fraction of sp³-hybridized carbons (Fsp3) is 0.533. The summed E-state index contributed by atoms with van der Waals surface area (Å²) < 4.78 is 10.1. The topological polar surface area (TPSA) is 35.5 Å². The van der Waals surface area contributed by atoms with E-state index in [9.17, 15) is 4.79 Å². The zero-order chi connectivity index (χ0) is 13.0. The molecule has 0 bridgehead atoms. The first kappa shape index (κ1) is 13.1. The number of esters is 1. The standard InChI is InChI=1S/C15H20O3/c1-17-14-9-7-12(8-10-14)11-3-5-13(6-4-11)15(16)18-2/h3-6,12,14H,7-10H2,1-2H3. The van der Waals surface area contributed by atoms with Crippen LogP contribution < -0.4 is 0 Å². The molecule has 0 aliphatic heterocycles. The number of methoxy groups -OCH3 is 2. The van der Waals surface area contributed by atoms with Gasteiger partial charge in [-0.2, -0.15) is 0 Å². The molecule has 0 amide bonds. The minimum absolute atomic E-state index is 0.273. The summed E-state index contributed by atoms with van der Waals surface area (Å²) in [6, 6.07) is 7.79. The van der Waals surface area contributed by atoms with Gasteiger partial charge in [0.1, 0.15) is 0 Å². The molecular formula is C15H20O3. The van der Waals surface area contributed by atoms with Gasteiger partial charge in [-0.3, -0.25) is 0 Å². The van der Waals surface area contributed by atoms with E-state index in [4.69, 9.17) is 9.47 Å². The highest BCUT2D eigenvalue weighted by atomic mass is 16.5. The van der Waals surface area contributed by atoms with Crippen molar-refractivity contribution in [3.05, 3.63) is 35.4 Å². The van der Waals surface area contributed by atoms with E-state index >= 15 is 0 Å². The number of hydrogen-bond acceptors (Lipinski definition) is 3. The molecule has 0 unspecified atom stereocenters. The van der Waals surface area contributed by atoms with Crippen molar-refractivity contribution in [1.82, 2.24) is 0 Å². The van der Waals surface area contributed by atoms with Crippen molar-refractivity contribution >= 4 is 5.97 Å². The first-order valence-corrected chi connectivity index (χ1v) is 6.45.